The number of hydrogen-bond donors (Lipinski definition) is 0. The molecule has 0 fully saturated rings. The Bertz CT molecular complexity index is 1360. The van der Waals surface area contributed by atoms with Crippen molar-refractivity contribution >= 4 is 32.6 Å². The third-order valence-electron chi connectivity index (χ3n) is 5.17. The van der Waals surface area contributed by atoms with Gasteiger partial charge in [-0.3, -0.25) is 14.7 Å². The monoisotopic (exact) mass is 509 g/mol. The summed E-state index contributed by atoms with van der Waals surface area (Å²) in [7, 11) is 0. The molecule has 35 heavy (non-hydrogen) atoms. The van der Waals surface area contributed by atoms with Gasteiger partial charge in [0.05, 0.1) is 33.6 Å². The number of benzene rings is 2. The third-order valence-corrected chi connectivity index (χ3v) is 6.40. The molecule has 0 radical (unpaired) electrons. The molecule has 0 saturated carbocycles. The zero-order chi connectivity index (χ0) is 25.5. The molecular formula is C24H17F6N3OS. The van der Waals surface area contributed by atoms with Crippen molar-refractivity contribution in [1.29, 1.82) is 0 Å². The minimum absolute atomic E-state index is 0.0102. The molecule has 0 aliphatic carbocycles. The maximum absolute atomic E-state index is 13.5. The summed E-state index contributed by atoms with van der Waals surface area (Å²) in [5, 5.41) is 0.135. The Balaban J connectivity index is 1.87. The molecule has 0 aliphatic rings. The first-order valence-corrected chi connectivity index (χ1v) is 11.0. The number of halogens is 6. The second kappa shape index (κ2) is 8.95. The molecule has 0 N–H and O–H groups in total. The van der Waals surface area contributed by atoms with E-state index in [1.807, 2.05) is 19.9 Å². The van der Waals surface area contributed by atoms with Crippen LogP contribution >= 0.6 is 11.3 Å². The van der Waals surface area contributed by atoms with Gasteiger partial charge in [-0.05, 0) is 61.4 Å². The van der Waals surface area contributed by atoms with Crippen LogP contribution in [0, 0.1) is 13.8 Å². The van der Waals surface area contributed by atoms with Crippen molar-refractivity contribution in [3.63, 3.8) is 0 Å². The topological polar surface area (TPSA) is 46.1 Å². The number of fused-ring (bicyclic) bond motifs is 1. The number of amides is 1. The maximum atomic E-state index is 13.5. The van der Waals surface area contributed by atoms with Gasteiger partial charge in [-0.25, -0.2) is 4.98 Å². The first kappa shape index (κ1) is 24.6. The summed E-state index contributed by atoms with van der Waals surface area (Å²) in [6, 6.07) is 9.43. The highest BCUT2D eigenvalue weighted by atomic mass is 32.1. The molecular weight excluding hydrogens is 492 g/mol. The number of aromatic nitrogens is 2. The molecule has 0 atom stereocenters. The first-order valence-electron chi connectivity index (χ1n) is 10.2. The molecule has 1 amide bonds. The minimum atomic E-state index is -5.08. The smallest absolute Gasteiger partial charge is 0.278 e. The number of pyridine rings is 1. The van der Waals surface area contributed by atoms with E-state index in [1.165, 1.54) is 6.20 Å². The first-order chi connectivity index (χ1) is 16.3. The van der Waals surface area contributed by atoms with Crippen LogP contribution in [0.15, 0.2) is 54.7 Å². The number of carbonyl (C=O) groups is 1. The molecule has 11 heteroatoms. The summed E-state index contributed by atoms with van der Waals surface area (Å²) in [4.78, 5) is 23.1. The Morgan fingerprint density at radius 2 is 1.60 bits per heavy atom. The molecule has 0 spiro atoms. The number of rotatable bonds is 4. The van der Waals surface area contributed by atoms with Crippen LogP contribution < -0.4 is 4.90 Å². The van der Waals surface area contributed by atoms with E-state index in [0.717, 1.165) is 32.1 Å². The average Bonchev–Trinajstić information content (AvgIpc) is 3.20. The van der Waals surface area contributed by atoms with Crippen LogP contribution in [0.4, 0.5) is 31.5 Å². The molecule has 4 rings (SSSR count). The highest BCUT2D eigenvalue weighted by Crippen LogP contribution is 2.38. The molecule has 2 aromatic heterocycles. The Kier molecular flexibility index (Phi) is 6.31. The Morgan fingerprint density at radius 3 is 2.17 bits per heavy atom. The quantitative estimate of drug-likeness (QED) is 0.274. The normalized spacial score (nSPS) is 12.2. The SMILES string of the molecule is Cc1cc(C)c2sc(N(Cc3ccccn3)C(=O)c3cc(C(F)(F)F)cc(C(F)(F)F)c3)nc2c1. The van der Waals surface area contributed by atoms with Crippen LogP contribution in [0.2, 0.25) is 0 Å². The van der Waals surface area contributed by atoms with Crippen LogP contribution in [-0.2, 0) is 18.9 Å². The maximum Gasteiger partial charge on any atom is 0.416 e. The van der Waals surface area contributed by atoms with Crippen molar-refractivity contribution in [3.05, 3.63) is 88.2 Å². The lowest BCUT2D eigenvalue weighted by Gasteiger charge is -2.21. The van der Waals surface area contributed by atoms with Gasteiger partial charge in [-0.2, -0.15) is 26.3 Å². The van der Waals surface area contributed by atoms with Gasteiger partial charge in [0.15, 0.2) is 5.13 Å². The largest absolute Gasteiger partial charge is 0.416 e. The molecule has 4 aromatic rings. The summed E-state index contributed by atoms with van der Waals surface area (Å²) in [5.74, 6) is -1.05. The van der Waals surface area contributed by atoms with E-state index in [0.29, 0.717) is 23.3 Å². The molecule has 182 valence electrons. The van der Waals surface area contributed by atoms with Gasteiger partial charge in [-0.1, -0.05) is 23.5 Å². The van der Waals surface area contributed by atoms with E-state index in [1.54, 1.807) is 24.3 Å². The fourth-order valence-electron chi connectivity index (χ4n) is 3.59. The summed E-state index contributed by atoms with van der Waals surface area (Å²) in [6.07, 6.45) is -8.69. The van der Waals surface area contributed by atoms with Gasteiger partial charge >= 0.3 is 12.4 Å². The van der Waals surface area contributed by atoms with Crippen molar-refractivity contribution in [1.82, 2.24) is 9.97 Å². The van der Waals surface area contributed by atoms with Crippen molar-refractivity contribution in [2.75, 3.05) is 4.90 Å². The van der Waals surface area contributed by atoms with E-state index >= 15 is 0 Å². The van der Waals surface area contributed by atoms with E-state index in [4.69, 9.17) is 0 Å². The van der Waals surface area contributed by atoms with Gasteiger partial charge < -0.3 is 0 Å². The highest BCUT2D eigenvalue weighted by molar-refractivity contribution is 7.22. The average molecular weight is 509 g/mol. The lowest BCUT2D eigenvalue weighted by Crippen LogP contribution is -2.31. The van der Waals surface area contributed by atoms with Gasteiger partial charge in [0.2, 0.25) is 0 Å². The summed E-state index contributed by atoms with van der Waals surface area (Å²) in [5.41, 5.74) is -1.13. The van der Waals surface area contributed by atoms with Crippen LogP contribution in [0.5, 0.6) is 0 Å². The van der Waals surface area contributed by atoms with Crippen molar-refractivity contribution in [2.24, 2.45) is 0 Å². The predicted molar refractivity (Wildman–Crippen MR) is 120 cm³/mol. The van der Waals surface area contributed by atoms with Crippen LogP contribution in [-0.4, -0.2) is 15.9 Å². The molecule has 2 heterocycles. The Hall–Kier alpha value is -3.47. The second-order valence-corrected chi connectivity index (χ2v) is 8.91. The van der Waals surface area contributed by atoms with E-state index in [-0.39, 0.29) is 17.7 Å². The van der Waals surface area contributed by atoms with Gasteiger partial charge in [0.25, 0.3) is 5.91 Å². The molecule has 4 nitrogen and oxygen atoms in total. The molecule has 0 bridgehead atoms. The van der Waals surface area contributed by atoms with Crippen LogP contribution in [0.25, 0.3) is 10.2 Å². The number of aryl methyl sites for hydroxylation is 2. The second-order valence-electron chi connectivity index (χ2n) is 7.93. The Labute approximate surface area is 199 Å². The standard InChI is InChI=1S/C24H17F6N3OS/c1-13-7-14(2)20-19(8-13)32-22(35-20)33(12-18-5-3-4-6-31-18)21(34)15-9-16(23(25,26)27)11-17(10-15)24(28,29)30/h3-11H,12H2,1-2H3. The third kappa shape index (κ3) is 5.29. The lowest BCUT2D eigenvalue weighted by molar-refractivity contribution is -0.143. The van der Waals surface area contributed by atoms with Crippen molar-refractivity contribution in [3.8, 4) is 0 Å². The number of alkyl halides is 6. The minimum Gasteiger partial charge on any atom is -0.278 e. The zero-order valence-corrected chi connectivity index (χ0v) is 19.1. The lowest BCUT2D eigenvalue weighted by atomic mass is 10.0. The molecule has 0 aliphatic heterocycles. The van der Waals surface area contributed by atoms with Crippen LogP contribution in [0.3, 0.4) is 0 Å². The summed E-state index contributed by atoms with van der Waals surface area (Å²) < 4.78 is 81.0. The predicted octanol–water partition coefficient (Wildman–Crippen LogP) is 7.19. The fraction of sp³-hybridized carbons (Fsp3) is 0.208. The van der Waals surface area contributed by atoms with E-state index in [2.05, 4.69) is 9.97 Å². The van der Waals surface area contributed by atoms with Crippen LogP contribution in [0.1, 0.15) is 38.3 Å². The number of thiazole rings is 1. The van der Waals surface area contributed by atoms with Gasteiger partial charge in [-0.15, -0.1) is 0 Å². The molecule has 0 unspecified atom stereocenters. The summed E-state index contributed by atoms with van der Waals surface area (Å²) in [6.45, 7) is 3.52. The zero-order valence-electron chi connectivity index (χ0n) is 18.3. The summed E-state index contributed by atoms with van der Waals surface area (Å²) >= 11 is 1.12. The fourth-order valence-corrected chi connectivity index (χ4v) is 4.61. The highest BCUT2D eigenvalue weighted by Gasteiger charge is 2.38. The number of nitrogens with zero attached hydrogens (tertiary/aromatic N) is 3. The number of hydrogen-bond acceptors (Lipinski definition) is 4. The number of anilines is 1. The molecule has 2 aromatic carbocycles. The number of carbonyl (C=O) groups excluding carboxylic acids is 1. The Morgan fingerprint density at radius 1 is 0.943 bits per heavy atom. The van der Waals surface area contributed by atoms with E-state index in [9.17, 15) is 31.1 Å². The van der Waals surface area contributed by atoms with Gasteiger partial charge in [0, 0.05) is 11.8 Å². The van der Waals surface area contributed by atoms with Crippen molar-refractivity contribution < 1.29 is 31.1 Å². The molecule has 0 saturated heterocycles. The van der Waals surface area contributed by atoms with Gasteiger partial charge in [0.1, 0.15) is 0 Å². The van der Waals surface area contributed by atoms with E-state index < -0.39 is 35.0 Å². The van der Waals surface area contributed by atoms with Crippen molar-refractivity contribution in [2.45, 2.75) is 32.7 Å².